The van der Waals surface area contributed by atoms with Crippen LogP contribution < -0.4 is 5.48 Å². The summed E-state index contributed by atoms with van der Waals surface area (Å²) in [6.45, 7) is 5.96. The molecule has 1 saturated carbocycles. The molecule has 0 radical (unpaired) electrons. The highest BCUT2D eigenvalue weighted by atomic mass is 16.8. The van der Waals surface area contributed by atoms with E-state index < -0.39 is 24.1 Å². The Bertz CT molecular complexity index is 875. The minimum absolute atomic E-state index is 0.230. The second kappa shape index (κ2) is 10.1. The first-order chi connectivity index (χ1) is 15.4. The third kappa shape index (κ3) is 5.74. The van der Waals surface area contributed by atoms with Gasteiger partial charge < -0.3 is 18.9 Å². The first-order valence-corrected chi connectivity index (χ1v) is 11.0. The average Bonchev–Trinajstić information content (AvgIpc) is 3.09. The Balaban J connectivity index is 1.48. The van der Waals surface area contributed by atoms with Crippen LogP contribution in [0, 0.1) is 0 Å². The lowest BCUT2D eigenvalue weighted by atomic mass is 9.85. The number of esters is 1. The van der Waals surface area contributed by atoms with Crippen molar-refractivity contribution in [3.8, 4) is 0 Å². The van der Waals surface area contributed by atoms with Crippen LogP contribution in [0.2, 0.25) is 0 Å². The molecule has 1 heterocycles. The number of carbonyl (C=O) groups is 1. The van der Waals surface area contributed by atoms with Gasteiger partial charge in [-0.25, -0.2) is 0 Å². The van der Waals surface area contributed by atoms with Crippen LogP contribution in [0.15, 0.2) is 60.7 Å². The van der Waals surface area contributed by atoms with Crippen molar-refractivity contribution in [2.45, 2.75) is 76.7 Å². The Hall–Kier alpha value is -2.29. The molecule has 1 unspecified atom stereocenters. The first kappa shape index (κ1) is 22.9. The second-order valence-electron chi connectivity index (χ2n) is 8.71. The maximum Gasteiger partial charge on any atom is 0.302 e. The van der Waals surface area contributed by atoms with E-state index in [0.29, 0.717) is 19.6 Å². The normalized spacial score (nSPS) is 28.8. The number of carbonyl (C=O) groups excluding carboxylic acids is 1. The van der Waals surface area contributed by atoms with Crippen LogP contribution in [0.4, 0.5) is 0 Å². The summed E-state index contributed by atoms with van der Waals surface area (Å²) in [5, 5.41) is 0. The molecule has 7 heteroatoms. The number of hydrogen-bond acceptors (Lipinski definition) is 7. The fourth-order valence-corrected chi connectivity index (χ4v) is 4.33. The zero-order valence-corrected chi connectivity index (χ0v) is 18.7. The number of benzene rings is 2. The summed E-state index contributed by atoms with van der Waals surface area (Å²) >= 11 is 0. The summed E-state index contributed by atoms with van der Waals surface area (Å²) in [5.41, 5.74) is 5.21. The minimum Gasteiger partial charge on any atom is -0.460 e. The highest BCUT2D eigenvalue weighted by molar-refractivity contribution is 5.66. The molecular formula is C25H31NO6. The van der Waals surface area contributed by atoms with Crippen LogP contribution in [0.5, 0.6) is 0 Å². The molecule has 0 spiro atoms. The molecule has 1 aliphatic heterocycles. The van der Waals surface area contributed by atoms with E-state index in [9.17, 15) is 4.79 Å². The number of hydroxylamine groups is 1. The molecule has 1 N–H and O–H groups in total. The monoisotopic (exact) mass is 441 g/mol. The van der Waals surface area contributed by atoms with Gasteiger partial charge in [-0.3, -0.25) is 9.63 Å². The van der Waals surface area contributed by atoms with Crippen molar-refractivity contribution in [3.63, 3.8) is 0 Å². The molecule has 4 rings (SSSR count). The van der Waals surface area contributed by atoms with Crippen molar-refractivity contribution < 1.29 is 28.6 Å². The van der Waals surface area contributed by atoms with E-state index in [1.807, 2.05) is 74.5 Å². The largest absolute Gasteiger partial charge is 0.460 e. The molecule has 2 aromatic rings. The fourth-order valence-electron chi connectivity index (χ4n) is 4.33. The molecule has 0 bridgehead atoms. The fraction of sp³-hybridized carbons (Fsp3) is 0.480. The second-order valence-corrected chi connectivity index (χ2v) is 8.71. The van der Waals surface area contributed by atoms with Gasteiger partial charge in [0.15, 0.2) is 5.79 Å². The minimum atomic E-state index is -0.784. The van der Waals surface area contributed by atoms with Crippen molar-refractivity contribution >= 4 is 5.97 Å². The summed E-state index contributed by atoms with van der Waals surface area (Å²) in [4.78, 5) is 17.6. The van der Waals surface area contributed by atoms with Gasteiger partial charge >= 0.3 is 5.97 Å². The van der Waals surface area contributed by atoms with Crippen molar-refractivity contribution in [1.29, 1.82) is 0 Å². The van der Waals surface area contributed by atoms with E-state index in [-0.39, 0.29) is 18.1 Å². The summed E-state index contributed by atoms with van der Waals surface area (Å²) in [5.74, 6) is -1.14. The predicted octanol–water partition coefficient (Wildman–Crippen LogP) is 3.52. The van der Waals surface area contributed by atoms with Crippen LogP contribution >= 0.6 is 0 Å². The van der Waals surface area contributed by atoms with Gasteiger partial charge in [-0.1, -0.05) is 60.7 Å². The quantitative estimate of drug-likeness (QED) is 0.496. The molecule has 2 aliphatic rings. The van der Waals surface area contributed by atoms with Crippen LogP contribution in [-0.4, -0.2) is 42.2 Å². The summed E-state index contributed by atoms with van der Waals surface area (Å²) in [6.07, 6.45) is -1.20. The Labute approximate surface area is 188 Å². The first-order valence-electron chi connectivity index (χ1n) is 11.0. The van der Waals surface area contributed by atoms with E-state index in [2.05, 4.69) is 5.48 Å². The lowest BCUT2D eigenvalue weighted by Crippen LogP contribution is -2.60. The van der Waals surface area contributed by atoms with E-state index >= 15 is 0 Å². The zero-order chi connectivity index (χ0) is 22.6. The van der Waals surface area contributed by atoms with Gasteiger partial charge in [-0.05, 0) is 25.0 Å². The van der Waals surface area contributed by atoms with E-state index in [1.165, 1.54) is 6.92 Å². The van der Waals surface area contributed by atoms with Gasteiger partial charge in [0.25, 0.3) is 0 Å². The zero-order valence-electron chi connectivity index (χ0n) is 18.7. The highest BCUT2D eigenvalue weighted by Crippen LogP contribution is 2.39. The van der Waals surface area contributed by atoms with Crippen LogP contribution in [0.3, 0.4) is 0 Å². The maximum atomic E-state index is 11.9. The number of hydrogen-bond donors (Lipinski definition) is 1. The van der Waals surface area contributed by atoms with E-state index in [1.54, 1.807) is 0 Å². The summed E-state index contributed by atoms with van der Waals surface area (Å²) in [6, 6.07) is 19.6. The van der Waals surface area contributed by atoms with Crippen molar-refractivity contribution in [3.05, 3.63) is 71.8 Å². The van der Waals surface area contributed by atoms with Gasteiger partial charge in [0.2, 0.25) is 0 Å². The Morgan fingerprint density at radius 3 is 2.19 bits per heavy atom. The molecule has 2 aromatic carbocycles. The molecule has 32 heavy (non-hydrogen) atoms. The smallest absolute Gasteiger partial charge is 0.302 e. The molecule has 1 saturated heterocycles. The number of ether oxygens (including phenoxy) is 4. The van der Waals surface area contributed by atoms with Gasteiger partial charge in [0.1, 0.15) is 24.4 Å². The SMILES string of the molecule is CC(=O)O[C@@H]1C[C@@H](NOCc2ccccc2)[C@@H]2OC(C)(C)OC2[C@@H]1OCc1ccccc1. The van der Waals surface area contributed by atoms with Gasteiger partial charge in [-0.15, -0.1) is 0 Å². The lowest BCUT2D eigenvalue weighted by Gasteiger charge is -2.41. The molecular weight excluding hydrogens is 410 g/mol. The molecule has 1 aliphatic carbocycles. The number of nitrogens with one attached hydrogen (secondary N) is 1. The highest BCUT2D eigenvalue weighted by Gasteiger charge is 2.56. The molecule has 2 fully saturated rings. The van der Waals surface area contributed by atoms with Crippen LogP contribution in [0.25, 0.3) is 0 Å². The van der Waals surface area contributed by atoms with Crippen molar-refractivity contribution in [2.75, 3.05) is 0 Å². The van der Waals surface area contributed by atoms with Crippen LogP contribution in [-0.2, 0) is 41.8 Å². The van der Waals surface area contributed by atoms with Gasteiger partial charge in [0, 0.05) is 13.3 Å². The molecule has 5 atom stereocenters. The summed E-state index contributed by atoms with van der Waals surface area (Å²) in [7, 11) is 0. The number of fused-ring (bicyclic) bond motifs is 1. The average molecular weight is 442 g/mol. The predicted molar refractivity (Wildman–Crippen MR) is 117 cm³/mol. The molecule has 0 aromatic heterocycles. The third-order valence-electron chi connectivity index (χ3n) is 5.66. The van der Waals surface area contributed by atoms with E-state index in [0.717, 1.165) is 11.1 Å². The third-order valence-corrected chi connectivity index (χ3v) is 5.66. The van der Waals surface area contributed by atoms with E-state index in [4.69, 9.17) is 23.8 Å². The number of rotatable bonds is 8. The summed E-state index contributed by atoms with van der Waals surface area (Å²) < 4.78 is 24.4. The Kier molecular flexibility index (Phi) is 7.23. The molecule has 172 valence electrons. The van der Waals surface area contributed by atoms with Crippen LogP contribution in [0.1, 0.15) is 38.3 Å². The van der Waals surface area contributed by atoms with Crippen molar-refractivity contribution in [2.24, 2.45) is 0 Å². The Morgan fingerprint density at radius 1 is 0.969 bits per heavy atom. The molecule has 0 amide bonds. The standard InChI is InChI=1S/C25H31NO6/c1-17(27)30-21-14-20(26-29-16-19-12-8-5-9-13-19)22-24(32-25(2,3)31-22)23(21)28-15-18-10-6-4-7-11-18/h4-13,20-24,26H,14-16H2,1-3H3/t20-,21-,22+,23-,24?/m1/s1. The maximum absolute atomic E-state index is 11.9. The topological polar surface area (TPSA) is 75.3 Å². The lowest BCUT2D eigenvalue weighted by molar-refractivity contribution is -0.188. The molecule has 7 nitrogen and oxygen atoms in total. The van der Waals surface area contributed by atoms with Crippen molar-refractivity contribution in [1.82, 2.24) is 5.48 Å². The Morgan fingerprint density at radius 2 is 1.56 bits per heavy atom. The van der Waals surface area contributed by atoms with Gasteiger partial charge in [-0.2, -0.15) is 5.48 Å². The van der Waals surface area contributed by atoms with Gasteiger partial charge in [0.05, 0.1) is 19.3 Å².